The van der Waals surface area contributed by atoms with Gasteiger partial charge in [0.15, 0.2) is 11.5 Å². The molecule has 0 atom stereocenters. The van der Waals surface area contributed by atoms with Crippen molar-refractivity contribution < 1.29 is 14.3 Å². The number of amides is 1. The first-order chi connectivity index (χ1) is 16.2. The van der Waals surface area contributed by atoms with Gasteiger partial charge in [0.2, 0.25) is 0 Å². The fourth-order valence-corrected chi connectivity index (χ4v) is 4.42. The lowest BCUT2D eigenvalue weighted by Crippen LogP contribution is -2.24. The van der Waals surface area contributed by atoms with Crippen LogP contribution in [0.5, 0.6) is 11.5 Å². The van der Waals surface area contributed by atoms with Crippen LogP contribution in [0, 0.1) is 13.8 Å². The molecule has 0 bridgehead atoms. The first kappa shape index (κ1) is 26.5. The van der Waals surface area contributed by atoms with E-state index in [0.29, 0.717) is 43.8 Å². The van der Waals surface area contributed by atoms with Crippen molar-refractivity contribution in [3.8, 4) is 11.5 Å². The number of nitrogens with one attached hydrogen (secondary N) is 1. The zero-order valence-corrected chi connectivity index (χ0v) is 23.3. The van der Waals surface area contributed by atoms with Gasteiger partial charge in [-0.1, -0.05) is 29.3 Å². The number of hydrogen-bond acceptors (Lipinski definition) is 5. The Labute approximate surface area is 224 Å². The van der Waals surface area contributed by atoms with Crippen molar-refractivity contribution in [3.63, 3.8) is 0 Å². The molecular formula is C23H22Br2Cl2N4O3. The van der Waals surface area contributed by atoms with E-state index in [9.17, 15) is 4.79 Å². The van der Waals surface area contributed by atoms with Gasteiger partial charge >= 0.3 is 0 Å². The lowest BCUT2D eigenvalue weighted by atomic mass is 10.2. The molecular weight excluding hydrogens is 611 g/mol. The standard InChI is InChI=1S/C23H22Br2Cl2N4O3/c1-4-33-20-9-15(10-28-29-21(32)11-31-14(3)22(25)13(2)30-31)8-17(24)23(20)34-12-16-18(26)6-5-7-19(16)27/h5-10H,4,11-12H2,1-3H3,(H,29,32)/b28-10+. The summed E-state index contributed by atoms with van der Waals surface area (Å²) in [5.41, 5.74) is 5.59. The van der Waals surface area contributed by atoms with E-state index >= 15 is 0 Å². The van der Waals surface area contributed by atoms with Crippen LogP contribution < -0.4 is 14.9 Å². The topological polar surface area (TPSA) is 77.7 Å². The molecule has 0 fully saturated rings. The van der Waals surface area contributed by atoms with Crippen LogP contribution in [0.25, 0.3) is 0 Å². The molecule has 180 valence electrons. The molecule has 11 heteroatoms. The summed E-state index contributed by atoms with van der Waals surface area (Å²) in [5.74, 6) is 0.726. The molecule has 1 heterocycles. The molecule has 1 N–H and O–H groups in total. The van der Waals surface area contributed by atoms with Crippen molar-refractivity contribution in [2.45, 2.75) is 33.9 Å². The maximum absolute atomic E-state index is 12.3. The average molecular weight is 633 g/mol. The second-order valence-corrected chi connectivity index (χ2v) is 9.65. The smallest absolute Gasteiger partial charge is 0.261 e. The second-order valence-electron chi connectivity index (χ2n) is 7.19. The molecule has 0 unspecified atom stereocenters. The van der Waals surface area contributed by atoms with E-state index in [1.807, 2.05) is 20.8 Å². The molecule has 0 saturated carbocycles. The Morgan fingerprint density at radius 2 is 1.91 bits per heavy atom. The van der Waals surface area contributed by atoms with Crippen molar-refractivity contribution in [1.82, 2.24) is 15.2 Å². The van der Waals surface area contributed by atoms with Crippen LogP contribution in [0.4, 0.5) is 0 Å². The van der Waals surface area contributed by atoms with Crippen LogP contribution >= 0.6 is 55.1 Å². The number of aromatic nitrogens is 2. The summed E-state index contributed by atoms with van der Waals surface area (Å²) in [6, 6.07) is 8.86. The predicted molar refractivity (Wildman–Crippen MR) is 141 cm³/mol. The van der Waals surface area contributed by atoms with Crippen molar-refractivity contribution in [2.24, 2.45) is 5.10 Å². The number of carbonyl (C=O) groups is 1. The molecule has 0 saturated heterocycles. The minimum atomic E-state index is -0.296. The van der Waals surface area contributed by atoms with E-state index in [4.69, 9.17) is 32.7 Å². The van der Waals surface area contributed by atoms with E-state index in [1.54, 1.807) is 35.0 Å². The molecule has 0 radical (unpaired) electrons. The average Bonchev–Trinajstić information content (AvgIpc) is 3.01. The molecule has 3 aromatic rings. The van der Waals surface area contributed by atoms with Gasteiger partial charge in [0.1, 0.15) is 13.2 Å². The van der Waals surface area contributed by atoms with Gasteiger partial charge in [-0.25, -0.2) is 5.43 Å². The molecule has 1 amide bonds. The van der Waals surface area contributed by atoms with Gasteiger partial charge < -0.3 is 9.47 Å². The number of hydrogen-bond donors (Lipinski definition) is 1. The number of aryl methyl sites for hydroxylation is 1. The van der Waals surface area contributed by atoms with Gasteiger partial charge in [0.25, 0.3) is 5.91 Å². The molecule has 1 aromatic heterocycles. The van der Waals surface area contributed by atoms with Gasteiger partial charge in [0, 0.05) is 15.6 Å². The summed E-state index contributed by atoms with van der Waals surface area (Å²) in [7, 11) is 0. The van der Waals surface area contributed by atoms with E-state index in [2.05, 4.69) is 47.5 Å². The Bertz CT molecular complexity index is 1210. The first-order valence-electron chi connectivity index (χ1n) is 10.2. The van der Waals surface area contributed by atoms with Crippen molar-refractivity contribution in [1.29, 1.82) is 0 Å². The lowest BCUT2D eigenvalue weighted by Gasteiger charge is -2.15. The Kier molecular flexibility index (Phi) is 9.41. The van der Waals surface area contributed by atoms with Gasteiger partial charge in [0.05, 0.1) is 33.2 Å². The Balaban J connectivity index is 1.70. The third kappa shape index (κ3) is 6.53. The minimum absolute atomic E-state index is 0.0564. The van der Waals surface area contributed by atoms with Crippen LogP contribution in [0.3, 0.4) is 0 Å². The van der Waals surface area contributed by atoms with Gasteiger partial charge in [-0.15, -0.1) is 0 Å². The Hall–Kier alpha value is -2.07. The van der Waals surface area contributed by atoms with Crippen LogP contribution in [0.15, 0.2) is 44.4 Å². The summed E-state index contributed by atoms with van der Waals surface area (Å²) in [5, 5.41) is 9.42. The normalized spacial score (nSPS) is 11.1. The molecule has 2 aromatic carbocycles. The quantitative estimate of drug-likeness (QED) is 0.217. The van der Waals surface area contributed by atoms with Gasteiger partial charge in [-0.05, 0) is 82.5 Å². The monoisotopic (exact) mass is 630 g/mol. The summed E-state index contributed by atoms with van der Waals surface area (Å²) >= 11 is 19.5. The highest BCUT2D eigenvalue weighted by atomic mass is 79.9. The number of carbonyl (C=O) groups excluding carboxylic acids is 1. The highest BCUT2D eigenvalue weighted by Gasteiger charge is 2.15. The van der Waals surface area contributed by atoms with Crippen LogP contribution in [0.2, 0.25) is 10.0 Å². The molecule has 34 heavy (non-hydrogen) atoms. The second kappa shape index (κ2) is 12.1. The SMILES string of the molecule is CCOc1cc(/C=N/NC(=O)Cn2nc(C)c(Br)c2C)cc(Br)c1OCc1c(Cl)cccc1Cl. The summed E-state index contributed by atoms with van der Waals surface area (Å²) in [6.07, 6.45) is 1.52. The third-order valence-corrected chi connectivity index (χ3v) is 7.19. The molecule has 0 aliphatic rings. The summed E-state index contributed by atoms with van der Waals surface area (Å²) in [6.45, 7) is 6.29. The Morgan fingerprint density at radius 3 is 2.53 bits per heavy atom. The molecule has 0 spiro atoms. The number of rotatable bonds is 9. The lowest BCUT2D eigenvalue weighted by molar-refractivity contribution is -0.121. The predicted octanol–water partition coefficient (Wildman–Crippen LogP) is 6.46. The highest BCUT2D eigenvalue weighted by Crippen LogP contribution is 2.38. The molecule has 7 nitrogen and oxygen atoms in total. The fraction of sp³-hybridized carbons (Fsp3) is 0.261. The van der Waals surface area contributed by atoms with E-state index in [0.717, 1.165) is 15.9 Å². The summed E-state index contributed by atoms with van der Waals surface area (Å²) in [4.78, 5) is 12.3. The van der Waals surface area contributed by atoms with Crippen molar-refractivity contribution in [2.75, 3.05) is 6.61 Å². The number of benzene rings is 2. The molecule has 0 aliphatic carbocycles. The maximum Gasteiger partial charge on any atom is 0.261 e. The minimum Gasteiger partial charge on any atom is -0.490 e. The zero-order valence-electron chi connectivity index (χ0n) is 18.7. The largest absolute Gasteiger partial charge is 0.490 e. The Morgan fingerprint density at radius 1 is 1.21 bits per heavy atom. The summed E-state index contributed by atoms with van der Waals surface area (Å²) < 4.78 is 14.9. The van der Waals surface area contributed by atoms with Crippen LogP contribution in [0.1, 0.15) is 29.4 Å². The molecule has 3 rings (SSSR count). The third-order valence-electron chi connectivity index (χ3n) is 4.74. The van der Waals surface area contributed by atoms with E-state index in [1.165, 1.54) is 6.21 Å². The van der Waals surface area contributed by atoms with E-state index < -0.39 is 0 Å². The first-order valence-corrected chi connectivity index (χ1v) is 12.6. The van der Waals surface area contributed by atoms with Gasteiger partial charge in [-0.2, -0.15) is 10.2 Å². The number of nitrogens with zero attached hydrogens (tertiary/aromatic N) is 3. The zero-order chi connectivity index (χ0) is 24.8. The fourth-order valence-electron chi connectivity index (χ4n) is 3.06. The van der Waals surface area contributed by atoms with Crippen LogP contribution in [-0.2, 0) is 17.9 Å². The van der Waals surface area contributed by atoms with Gasteiger partial charge in [-0.3, -0.25) is 9.48 Å². The van der Waals surface area contributed by atoms with E-state index in [-0.39, 0.29) is 19.1 Å². The number of ether oxygens (including phenoxy) is 2. The van der Waals surface area contributed by atoms with Crippen molar-refractivity contribution >= 4 is 67.2 Å². The number of halogens is 4. The van der Waals surface area contributed by atoms with Crippen LogP contribution in [-0.4, -0.2) is 28.5 Å². The highest BCUT2D eigenvalue weighted by molar-refractivity contribution is 9.10. The molecule has 0 aliphatic heterocycles. The number of hydrazone groups is 1. The van der Waals surface area contributed by atoms with Crippen molar-refractivity contribution in [3.05, 3.63) is 71.8 Å². The maximum atomic E-state index is 12.3.